The molecule has 0 aliphatic carbocycles. The van der Waals surface area contributed by atoms with Gasteiger partial charge in [-0.25, -0.2) is 9.37 Å². The second-order valence-corrected chi connectivity index (χ2v) is 7.25. The number of anilines is 1. The van der Waals surface area contributed by atoms with Gasteiger partial charge in [0.1, 0.15) is 11.8 Å². The molecule has 0 saturated carbocycles. The number of fused-ring (bicyclic) bond motifs is 1. The van der Waals surface area contributed by atoms with Gasteiger partial charge < -0.3 is 19.9 Å². The Hall–Kier alpha value is -2.94. The molecule has 0 unspecified atom stereocenters. The van der Waals surface area contributed by atoms with Crippen LogP contribution in [0.15, 0.2) is 30.9 Å². The molecule has 3 aromatic rings. The number of halogens is 1. The molecule has 0 bridgehead atoms. The number of ether oxygens (including phenoxy) is 1. The Labute approximate surface area is 168 Å². The zero-order valence-electron chi connectivity index (χ0n) is 16.6. The summed E-state index contributed by atoms with van der Waals surface area (Å²) in [4.78, 5) is 20.7. The highest BCUT2D eigenvalue weighted by atomic mass is 19.1. The predicted octanol–water partition coefficient (Wildman–Crippen LogP) is 2.62. The van der Waals surface area contributed by atoms with Gasteiger partial charge in [0.05, 0.1) is 31.1 Å². The van der Waals surface area contributed by atoms with Crippen LogP contribution in [0.25, 0.3) is 22.2 Å². The Bertz CT molecular complexity index is 1000. The first-order valence-corrected chi connectivity index (χ1v) is 9.71. The molecule has 1 fully saturated rings. The molecule has 2 atom stereocenters. The molecule has 3 aromatic heterocycles. The number of amides is 1. The Balaban J connectivity index is 1.62. The van der Waals surface area contributed by atoms with Crippen molar-refractivity contribution >= 4 is 22.6 Å². The van der Waals surface area contributed by atoms with Crippen LogP contribution >= 0.6 is 0 Å². The van der Waals surface area contributed by atoms with Crippen molar-refractivity contribution in [1.29, 1.82) is 0 Å². The molecule has 1 saturated heterocycles. The lowest BCUT2D eigenvalue weighted by Crippen LogP contribution is -2.44. The van der Waals surface area contributed by atoms with Gasteiger partial charge in [-0.3, -0.25) is 9.48 Å². The zero-order chi connectivity index (χ0) is 20.4. The fourth-order valence-corrected chi connectivity index (χ4v) is 3.83. The third kappa shape index (κ3) is 3.82. The molecule has 9 heteroatoms. The number of alkyl halides is 1. The van der Waals surface area contributed by atoms with Crippen LogP contribution in [0.3, 0.4) is 0 Å². The van der Waals surface area contributed by atoms with Gasteiger partial charge in [-0.2, -0.15) is 5.10 Å². The average Bonchev–Trinajstić information content (AvgIpc) is 3.37. The fraction of sp³-hybridized carbons (Fsp3) is 0.450. The minimum absolute atomic E-state index is 0.0927. The van der Waals surface area contributed by atoms with E-state index >= 15 is 0 Å². The van der Waals surface area contributed by atoms with Crippen LogP contribution in [-0.4, -0.2) is 70.1 Å². The summed E-state index contributed by atoms with van der Waals surface area (Å²) in [7, 11) is 1.66. The minimum atomic E-state index is -1.15. The topological polar surface area (TPSA) is 88.1 Å². The molecule has 1 aliphatic heterocycles. The van der Waals surface area contributed by atoms with Gasteiger partial charge in [0.15, 0.2) is 0 Å². The van der Waals surface area contributed by atoms with Crippen LogP contribution in [0.1, 0.15) is 19.4 Å². The van der Waals surface area contributed by atoms with E-state index in [0.717, 1.165) is 27.8 Å². The van der Waals surface area contributed by atoms with E-state index in [1.807, 2.05) is 18.5 Å². The number of carbonyl (C=O) groups is 1. The molecule has 1 aliphatic rings. The van der Waals surface area contributed by atoms with Crippen molar-refractivity contribution in [2.45, 2.75) is 25.6 Å². The van der Waals surface area contributed by atoms with Crippen molar-refractivity contribution in [2.24, 2.45) is 0 Å². The molecule has 1 amide bonds. The van der Waals surface area contributed by atoms with Crippen LogP contribution < -0.4 is 5.32 Å². The zero-order valence-corrected chi connectivity index (χ0v) is 16.6. The molecule has 8 nitrogen and oxygen atoms in total. The van der Waals surface area contributed by atoms with Gasteiger partial charge in [0.2, 0.25) is 5.91 Å². The summed E-state index contributed by atoms with van der Waals surface area (Å²) in [5.74, 6) is -0.0927. The van der Waals surface area contributed by atoms with Gasteiger partial charge in [0, 0.05) is 62.2 Å². The summed E-state index contributed by atoms with van der Waals surface area (Å²) in [6.45, 7) is 3.34. The molecule has 4 rings (SSSR count). The van der Waals surface area contributed by atoms with Crippen LogP contribution in [0, 0.1) is 0 Å². The van der Waals surface area contributed by atoms with E-state index in [1.54, 1.807) is 29.1 Å². The first kappa shape index (κ1) is 19.4. The van der Waals surface area contributed by atoms with Crippen molar-refractivity contribution in [2.75, 3.05) is 38.7 Å². The van der Waals surface area contributed by atoms with E-state index < -0.39 is 6.17 Å². The summed E-state index contributed by atoms with van der Waals surface area (Å²) in [5, 5.41) is 8.82. The highest BCUT2D eigenvalue weighted by Crippen LogP contribution is 2.34. The first-order chi connectivity index (χ1) is 14.1. The number of aromatic nitrogens is 4. The van der Waals surface area contributed by atoms with Crippen LogP contribution in [0.2, 0.25) is 0 Å². The number of nitrogens with zero attached hydrogens (tertiary/aromatic N) is 4. The second kappa shape index (κ2) is 8.20. The van der Waals surface area contributed by atoms with E-state index in [-0.39, 0.29) is 18.5 Å². The Kier molecular flexibility index (Phi) is 5.48. The maximum absolute atomic E-state index is 14.7. The van der Waals surface area contributed by atoms with Crippen molar-refractivity contribution in [3.05, 3.63) is 30.9 Å². The molecule has 154 valence electrons. The number of nitrogens with one attached hydrogen (secondary N) is 2. The number of piperidine rings is 1. The maximum Gasteiger partial charge on any atom is 0.219 e. The molecular formula is C20H25FN6O2. The van der Waals surface area contributed by atoms with Crippen LogP contribution in [0.5, 0.6) is 0 Å². The average molecular weight is 400 g/mol. The number of pyridine rings is 1. The largest absolute Gasteiger partial charge is 0.383 e. The van der Waals surface area contributed by atoms with E-state index in [0.29, 0.717) is 26.1 Å². The molecule has 0 aromatic carbocycles. The molecule has 29 heavy (non-hydrogen) atoms. The normalized spacial score (nSPS) is 19.6. The molecular weight excluding hydrogens is 375 g/mol. The lowest BCUT2D eigenvalue weighted by atomic mass is 10.0. The molecule has 0 radical (unpaired) electrons. The molecule has 4 heterocycles. The quantitative estimate of drug-likeness (QED) is 0.621. The first-order valence-electron chi connectivity index (χ1n) is 9.71. The van der Waals surface area contributed by atoms with Crippen molar-refractivity contribution in [3.8, 4) is 11.1 Å². The fourth-order valence-electron chi connectivity index (χ4n) is 3.83. The Morgan fingerprint density at radius 2 is 2.31 bits per heavy atom. The summed E-state index contributed by atoms with van der Waals surface area (Å²) in [6, 6.07) is 1.59. The second-order valence-electron chi connectivity index (χ2n) is 7.25. The van der Waals surface area contributed by atoms with Crippen molar-refractivity contribution in [3.63, 3.8) is 0 Å². The van der Waals surface area contributed by atoms with Crippen molar-refractivity contribution in [1.82, 2.24) is 24.6 Å². The number of hydrogen-bond donors (Lipinski definition) is 2. The Morgan fingerprint density at radius 3 is 3.07 bits per heavy atom. The van der Waals surface area contributed by atoms with E-state index in [2.05, 4.69) is 20.4 Å². The number of likely N-dealkylation sites (tertiary alicyclic amines) is 1. The smallest absolute Gasteiger partial charge is 0.219 e. The van der Waals surface area contributed by atoms with Crippen LogP contribution in [0.4, 0.5) is 10.1 Å². The minimum Gasteiger partial charge on any atom is -0.383 e. The SMILES string of the molecule is COCCNc1c(-c2cnn([C@H]3CCN(C(C)=O)C[C@@H]3F)c2)cnc2[nH]ccc12. The highest BCUT2D eigenvalue weighted by Gasteiger charge is 2.32. The van der Waals surface area contributed by atoms with Gasteiger partial charge in [-0.05, 0) is 12.5 Å². The lowest BCUT2D eigenvalue weighted by molar-refractivity contribution is -0.131. The number of methoxy groups -OCH3 is 1. The number of rotatable bonds is 6. The third-order valence-electron chi connectivity index (χ3n) is 5.40. The number of aromatic amines is 1. The monoisotopic (exact) mass is 400 g/mol. The standard InChI is InChI=1S/C20H25FN6O2/c1-13(28)26-7-4-18(17(21)12-26)27-11-14(9-25-27)16-10-24-20-15(3-5-23-20)19(16)22-6-8-29-2/h3,5,9-11,17-18H,4,6-8,12H2,1-2H3,(H2,22,23,24)/t17-,18-/m0/s1. The van der Waals surface area contributed by atoms with E-state index in [1.165, 1.54) is 6.92 Å². The van der Waals surface area contributed by atoms with E-state index in [4.69, 9.17) is 4.74 Å². The highest BCUT2D eigenvalue weighted by molar-refractivity contribution is 5.98. The summed E-state index contributed by atoms with van der Waals surface area (Å²) in [6.07, 6.45) is 6.63. The van der Waals surface area contributed by atoms with E-state index in [9.17, 15) is 9.18 Å². The van der Waals surface area contributed by atoms with Crippen molar-refractivity contribution < 1.29 is 13.9 Å². The molecule has 2 N–H and O–H groups in total. The van der Waals surface area contributed by atoms with Gasteiger partial charge in [-0.15, -0.1) is 0 Å². The number of hydrogen-bond acceptors (Lipinski definition) is 5. The Morgan fingerprint density at radius 1 is 1.45 bits per heavy atom. The van der Waals surface area contributed by atoms with Crippen LogP contribution in [-0.2, 0) is 9.53 Å². The third-order valence-corrected chi connectivity index (χ3v) is 5.40. The maximum atomic E-state index is 14.7. The van der Waals surface area contributed by atoms with Gasteiger partial charge in [0.25, 0.3) is 0 Å². The summed E-state index contributed by atoms with van der Waals surface area (Å²) >= 11 is 0. The predicted molar refractivity (Wildman–Crippen MR) is 108 cm³/mol. The summed E-state index contributed by atoms with van der Waals surface area (Å²) < 4.78 is 21.5. The lowest BCUT2D eigenvalue weighted by Gasteiger charge is -2.34. The molecule has 0 spiro atoms. The number of H-pyrrole nitrogens is 1. The summed E-state index contributed by atoms with van der Waals surface area (Å²) in [5.41, 5.74) is 3.50. The van der Waals surface area contributed by atoms with Gasteiger partial charge in [-0.1, -0.05) is 0 Å². The van der Waals surface area contributed by atoms with Gasteiger partial charge >= 0.3 is 0 Å². The number of carbonyl (C=O) groups excluding carboxylic acids is 1.